The highest BCUT2D eigenvalue weighted by Gasteiger charge is 2.20. The molecule has 0 aliphatic heterocycles. The van der Waals surface area contributed by atoms with Gasteiger partial charge in [-0.15, -0.1) is 0 Å². The van der Waals surface area contributed by atoms with E-state index in [1.807, 2.05) is 0 Å². The molecule has 0 saturated carbocycles. The lowest BCUT2D eigenvalue weighted by Gasteiger charge is -2.17. The Hall–Kier alpha value is -3.59. The van der Waals surface area contributed by atoms with Crippen molar-refractivity contribution in [1.82, 2.24) is 14.5 Å². The third-order valence-corrected chi connectivity index (χ3v) is 4.71. The van der Waals surface area contributed by atoms with E-state index in [0.717, 1.165) is 27.5 Å². The van der Waals surface area contributed by atoms with E-state index in [9.17, 15) is 23.2 Å². The van der Waals surface area contributed by atoms with E-state index in [1.165, 1.54) is 13.1 Å². The Kier molecular flexibility index (Phi) is 6.22. The van der Waals surface area contributed by atoms with E-state index >= 15 is 0 Å². The zero-order valence-electron chi connectivity index (χ0n) is 16.1. The summed E-state index contributed by atoms with van der Waals surface area (Å²) in [6, 6.07) is 11.4. The normalized spacial score (nSPS) is 11.9. The predicted octanol–water partition coefficient (Wildman–Crippen LogP) is 1.40. The van der Waals surface area contributed by atoms with Gasteiger partial charge in [0.15, 0.2) is 0 Å². The molecule has 0 aliphatic carbocycles. The molecule has 3 aromatic rings. The van der Waals surface area contributed by atoms with Gasteiger partial charge in [0, 0.05) is 24.8 Å². The van der Waals surface area contributed by atoms with Crippen LogP contribution in [0.2, 0.25) is 0 Å². The van der Waals surface area contributed by atoms with Gasteiger partial charge in [-0.3, -0.25) is 18.7 Å². The minimum absolute atomic E-state index is 0.216. The molecule has 0 saturated heterocycles. The molecule has 0 radical (unpaired) electrons. The molecule has 0 spiro atoms. The van der Waals surface area contributed by atoms with Crippen LogP contribution in [0.5, 0.6) is 0 Å². The van der Waals surface area contributed by atoms with Crippen molar-refractivity contribution < 1.29 is 13.6 Å². The first-order valence-electron chi connectivity index (χ1n) is 9.13. The smallest absolute Gasteiger partial charge is 0.331 e. The number of halogens is 2. The first-order chi connectivity index (χ1) is 14.3. The zero-order valence-corrected chi connectivity index (χ0v) is 16.1. The van der Waals surface area contributed by atoms with E-state index in [2.05, 4.69) is 5.32 Å². The van der Waals surface area contributed by atoms with Crippen molar-refractivity contribution in [2.45, 2.75) is 19.1 Å². The van der Waals surface area contributed by atoms with Gasteiger partial charge in [0.2, 0.25) is 0 Å². The maximum Gasteiger partial charge on any atom is 0.331 e. The van der Waals surface area contributed by atoms with Gasteiger partial charge >= 0.3 is 5.69 Å². The Morgan fingerprint density at radius 2 is 1.70 bits per heavy atom. The molecule has 0 bridgehead atoms. The number of aromatic nitrogens is 2. The van der Waals surface area contributed by atoms with Crippen molar-refractivity contribution in [2.75, 3.05) is 7.05 Å². The standard InChI is InChI=1S/C21H20F2N4O3/c1-25-19(28)15-11-26(10-14-16(22)8-5-9-17(14)23)21(30)27(20(15)29)12-18(24)13-6-3-2-4-7-13/h2-9,11,18H,10,12,24H2,1H3,(H,25,28)/t18-/m0/s1. The Bertz CT molecular complexity index is 1170. The van der Waals surface area contributed by atoms with Gasteiger partial charge in [-0.2, -0.15) is 0 Å². The summed E-state index contributed by atoms with van der Waals surface area (Å²) < 4.78 is 29.9. The Morgan fingerprint density at radius 1 is 1.07 bits per heavy atom. The van der Waals surface area contributed by atoms with Crippen LogP contribution in [0.15, 0.2) is 64.3 Å². The molecule has 30 heavy (non-hydrogen) atoms. The summed E-state index contributed by atoms with van der Waals surface area (Å²) in [5, 5.41) is 2.32. The maximum absolute atomic E-state index is 14.1. The van der Waals surface area contributed by atoms with Crippen molar-refractivity contribution >= 4 is 5.91 Å². The minimum atomic E-state index is -0.845. The van der Waals surface area contributed by atoms with Crippen LogP contribution in [0.25, 0.3) is 0 Å². The third kappa shape index (κ3) is 4.20. The molecule has 156 valence electrons. The van der Waals surface area contributed by atoms with Crippen molar-refractivity contribution in [1.29, 1.82) is 0 Å². The van der Waals surface area contributed by atoms with Gasteiger partial charge in [0.1, 0.15) is 17.2 Å². The molecule has 3 N–H and O–H groups in total. The Morgan fingerprint density at radius 3 is 2.30 bits per heavy atom. The number of nitrogens with zero attached hydrogens (tertiary/aromatic N) is 2. The highest BCUT2D eigenvalue weighted by atomic mass is 19.1. The molecule has 1 heterocycles. The van der Waals surface area contributed by atoms with Gasteiger partial charge in [-0.05, 0) is 17.7 Å². The van der Waals surface area contributed by atoms with Crippen LogP contribution in [-0.4, -0.2) is 22.1 Å². The first kappa shape index (κ1) is 21.1. The number of carbonyl (C=O) groups is 1. The summed E-state index contributed by atoms with van der Waals surface area (Å²) >= 11 is 0. The van der Waals surface area contributed by atoms with Crippen molar-refractivity contribution in [3.05, 3.63) is 104 Å². The van der Waals surface area contributed by atoms with Crippen LogP contribution >= 0.6 is 0 Å². The number of nitrogens with one attached hydrogen (secondary N) is 1. The summed E-state index contributed by atoms with van der Waals surface area (Å²) in [7, 11) is 1.33. The number of carbonyl (C=O) groups excluding carboxylic acids is 1. The number of nitrogens with two attached hydrogens (primary N) is 1. The average molecular weight is 414 g/mol. The molecule has 9 heteroatoms. The van der Waals surface area contributed by atoms with Crippen molar-refractivity contribution in [3.63, 3.8) is 0 Å². The summed E-state index contributed by atoms with van der Waals surface area (Å²) in [6.45, 7) is -0.714. The second kappa shape index (κ2) is 8.83. The topological polar surface area (TPSA) is 99.1 Å². The predicted molar refractivity (Wildman–Crippen MR) is 107 cm³/mol. The highest BCUT2D eigenvalue weighted by molar-refractivity contribution is 5.93. The molecule has 0 aliphatic rings. The molecular formula is C21H20F2N4O3. The number of hydrogen-bond donors (Lipinski definition) is 2. The monoisotopic (exact) mass is 414 g/mol. The second-order valence-electron chi connectivity index (χ2n) is 6.67. The first-order valence-corrected chi connectivity index (χ1v) is 9.13. The third-order valence-electron chi connectivity index (χ3n) is 4.71. The minimum Gasteiger partial charge on any atom is -0.355 e. The van der Waals surface area contributed by atoms with Crippen LogP contribution in [0.1, 0.15) is 27.5 Å². The fourth-order valence-electron chi connectivity index (χ4n) is 3.07. The summed E-state index contributed by atoms with van der Waals surface area (Å²) in [5.41, 5.74) is 4.46. The fraction of sp³-hybridized carbons (Fsp3) is 0.190. The summed E-state index contributed by atoms with van der Waals surface area (Å²) in [5.74, 6) is -2.42. The van der Waals surface area contributed by atoms with Crippen LogP contribution in [0.4, 0.5) is 8.78 Å². The van der Waals surface area contributed by atoms with Gasteiger partial charge < -0.3 is 11.1 Å². The lowest BCUT2D eigenvalue weighted by molar-refractivity contribution is 0.0959. The zero-order chi connectivity index (χ0) is 21.8. The Balaban J connectivity index is 2.12. The molecule has 1 aromatic heterocycles. The molecule has 1 atom stereocenters. The van der Waals surface area contributed by atoms with Gasteiger partial charge in [-0.1, -0.05) is 36.4 Å². The molecule has 1 amide bonds. The molecular weight excluding hydrogens is 394 g/mol. The lowest BCUT2D eigenvalue weighted by atomic mass is 10.1. The quantitative estimate of drug-likeness (QED) is 0.637. The SMILES string of the molecule is CNC(=O)c1cn(Cc2c(F)cccc2F)c(=O)n(C[C@H](N)c2ccccc2)c1=O. The van der Waals surface area contributed by atoms with Crippen LogP contribution < -0.4 is 22.3 Å². The van der Waals surface area contributed by atoms with Crippen LogP contribution in [-0.2, 0) is 13.1 Å². The van der Waals surface area contributed by atoms with Gasteiger partial charge in [0.25, 0.3) is 11.5 Å². The second-order valence-corrected chi connectivity index (χ2v) is 6.67. The number of hydrogen-bond acceptors (Lipinski definition) is 4. The molecule has 0 unspecified atom stereocenters. The fourth-order valence-corrected chi connectivity index (χ4v) is 3.07. The maximum atomic E-state index is 14.1. The van der Waals surface area contributed by atoms with E-state index in [1.54, 1.807) is 30.3 Å². The van der Waals surface area contributed by atoms with Crippen molar-refractivity contribution in [2.24, 2.45) is 5.73 Å². The molecule has 2 aromatic carbocycles. The molecule has 0 fully saturated rings. The van der Waals surface area contributed by atoms with Crippen molar-refractivity contribution in [3.8, 4) is 0 Å². The van der Waals surface area contributed by atoms with Gasteiger partial charge in [-0.25, -0.2) is 13.6 Å². The van der Waals surface area contributed by atoms with Crippen LogP contribution in [0, 0.1) is 11.6 Å². The lowest BCUT2D eigenvalue weighted by Crippen LogP contribution is -2.45. The van der Waals surface area contributed by atoms with E-state index in [0.29, 0.717) is 5.56 Å². The van der Waals surface area contributed by atoms with E-state index in [-0.39, 0.29) is 17.7 Å². The Labute approximate surface area is 170 Å². The largest absolute Gasteiger partial charge is 0.355 e. The number of amides is 1. The van der Waals surface area contributed by atoms with E-state index < -0.39 is 41.4 Å². The summed E-state index contributed by atoms with van der Waals surface area (Å²) in [6.07, 6.45) is 1.000. The number of benzene rings is 2. The highest BCUT2D eigenvalue weighted by Crippen LogP contribution is 2.14. The van der Waals surface area contributed by atoms with Gasteiger partial charge in [0.05, 0.1) is 13.1 Å². The molecule has 7 nitrogen and oxygen atoms in total. The summed E-state index contributed by atoms with van der Waals surface area (Å²) in [4.78, 5) is 37.9. The average Bonchev–Trinajstić information content (AvgIpc) is 2.75. The van der Waals surface area contributed by atoms with E-state index in [4.69, 9.17) is 5.73 Å². The molecule has 3 rings (SSSR count). The van der Waals surface area contributed by atoms with Crippen LogP contribution in [0.3, 0.4) is 0 Å². The number of rotatable bonds is 6.